The van der Waals surface area contributed by atoms with Crippen LogP contribution in [-0.2, 0) is 0 Å². The molecule has 1 aromatic heterocycles. The van der Waals surface area contributed by atoms with Gasteiger partial charge in [0.05, 0.1) is 12.1 Å². The number of furan rings is 1. The number of aryl methyl sites for hydroxylation is 1. The van der Waals surface area contributed by atoms with Crippen LogP contribution in [-0.4, -0.2) is 18.2 Å². The molecular formula is C42H41NO2. The lowest BCUT2D eigenvalue weighted by Crippen LogP contribution is -2.51. The third-order valence-electron chi connectivity index (χ3n) is 11.1. The summed E-state index contributed by atoms with van der Waals surface area (Å²) in [4.78, 5) is 2.67. The van der Waals surface area contributed by atoms with Crippen molar-refractivity contribution in [1.29, 1.82) is 0 Å². The van der Waals surface area contributed by atoms with Gasteiger partial charge in [-0.3, -0.25) is 0 Å². The van der Waals surface area contributed by atoms with Crippen molar-refractivity contribution < 1.29 is 9.15 Å². The molecule has 5 aliphatic rings. The van der Waals surface area contributed by atoms with Gasteiger partial charge in [0, 0.05) is 27.6 Å². The molecule has 0 spiro atoms. The Labute approximate surface area is 265 Å². The predicted octanol–water partition coefficient (Wildman–Crippen LogP) is 8.92. The fraction of sp³-hybridized carbons (Fsp3) is 0.333. The number of hydrogen-bond donors (Lipinski definition) is 0. The molecule has 4 aliphatic carbocycles. The molecule has 4 atom stereocenters. The van der Waals surface area contributed by atoms with Crippen molar-refractivity contribution in [2.45, 2.75) is 78.0 Å². The number of allylic oxidation sites excluding steroid dienone is 6. The van der Waals surface area contributed by atoms with Crippen LogP contribution in [0.15, 0.2) is 94.5 Å². The van der Waals surface area contributed by atoms with E-state index in [2.05, 4.69) is 124 Å². The van der Waals surface area contributed by atoms with Crippen LogP contribution in [0, 0.1) is 18.3 Å². The molecule has 0 N–H and O–H groups in total. The Balaban J connectivity index is 1.13. The van der Waals surface area contributed by atoms with Gasteiger partial charge < -0.3 is 14.1 Å². The lowest BCUT2D eigenvalue weighted by Gasteiger charge is -2.47. The van der Waals surface area contributed by atoms with E-state index in [-0.39, 0.29) is 17.6 Å². The van der Waals surface area contributed by atoms with Crippen molar-refractivity contribution in [2.24, 2.45) is 11.3 Å². The molecule has 3 aromatic carbocycles. The molecule has 4 unspecified atom stereocenters. The number of benzene rings is 3. The maximum Gasteiger partial charge on any atom is 0.136 e. The van der Waals surface area contributed by atoms with Gasteiger partial charge in [-0.25, -0.2) is 0 Å². The number of hydrogen-bond acceptors (Lipinski definition) is 3. The number of rotatable bonds is 3. The maximum absolute atomic E-state index is 6.62. The van der Waals surface area contributed by atoms with Crippen LogP contribution < -0.4 is 20.1 Å². The summed E-state index contributed by atoms with van der Waals surface area (Å²) in [7, 11) is 0. The zero-order chi connectivity index (χ0) is 30.4. The van der Waals surface area contributed by atoms with Gasteiger partial charge in [-0.1, -0.05) is 74.1 Å². The van der Waals surface area contributed by atoms with Crippen LogP contribution in [0.2, 0.25) is 0 Å². The second-order valence-corrected chi connectivity index (χ2v) is 14.8. The highest BCUT2D eigenvalue weighted by molar-refractivity contribution is 6.07. The minimum Gasteiger partial charge on any atom is -0.485 e. The summed E-state index contributed by atoms with van der Waals surface area (Å²) in [6.45, 7) is 9.29. The van der Waals surface area contributed by atoms with Crippen molar-refractivity contribution in [3.63, 3.8) is 0 Å². The Morgan fingerprint density at radius 1 is 0.933 bits per heavy atom. The first-order valence-electron chi connectivity index (χ1n) is 16.8. The summed E-state index contributed by atoms with van der Waals surface area (Å²) in [6.07, 6.45) is 22.4. The molecule has 1 aliphatic heterocycles. The van der Waals surface area contributed by atoms with Crippen LogP contribution in [0.3, 0.4) is 0 Å². The van der Waals surface area contributed by atoms with Gasteiger partial charge in [-0.15, -0.1) is 0 Å². The molecule has 0 radical (unpaired) electrons. The fourth-order valence-electron chi connectivity index (χ4n) is 8.66. The van der Waals surface area contributed by atoms with Crippen molar-refractivity contribution in [3.8, 4) is 5.75 Å². The van der Waals surface area contributed by atoms with Gasteiger partial charge in [0.25, 0.3) is 0 Å². The molecule has 0 saturated heterocycles. The predicted molar refractivity (Wildman–Crippen MR) is 187 cm³/mol. The van der Waals surface area contributed by atoms with E-state index in [0.29, 0.717) is 12.0 Å². The van der Waals surface area contributed by atoms with E-state index in [1.165, 1.54) is 55.8 Å². The zero-order valence-electron chi connectivity index (χ0n) is 26.8. The molecule has 9 rings (SSSR count). The largest absolute Gasteiger partial charge is 0.485 e. The molecule has 0 saturated carbocycles. The van der Waals surface area contributed by atoms with Gasteiger partial charge in [-0.2, -0.15) is 0 Å². The Morgan fingerprint density at radius 2 is 1.80 bits per heavy atom. The van der Waals surface area contributed by atoms with Gasteiger partial charge >= 0.3 is 0 Å². The van der Waals surface area contributed by atoms with E-state index in [1.54, 1.807) is 0 Å². The molecule has 0 bridgehead atoms. The standard InChI is InChI=1S/C42H41NO2/c1-25-8-7-9-31(17-25)43(41-10-5-6-15-42(41,3)4)32-14-13-28-20-34-36-24-39-35(23-40(36)45-38(34)22-30(28)18-32)33-19-27-12-11-26(2)16-29(27)21-37(33)44-39/h5,7-13,17-20,22-24,29,32,37,41H,6,14-16,21H2,1-4H3. The third kappa shape index (κ3) is 4.38. The van der Waals surface area contributed by atoms with E-state index >= 15 is 0 Å². The quantitative estimate of drug-likeness (QED) is 0.223. The van der Waals surface area contributed by atoms with Crippen LogP contribution in [0.1, 0.15) is 64.0 Å². The van der Waals surface area contributed by atoms with Crippen LogP contribution in [0.4, 0.5) is 5.69 Å². The summed E-state index contributed by atoms with van der Waals surface area (Å²) >= 11 is 0. The monoisotopic (exact) mass is 591 g/mol. The third-order valence-corrected chi connectivity index (χ3v) is 11.1. The Hall–Kier alpha value is -4.24. The second kappa shape index (κ2) is 9.88. The number of anilines is 1. The van der Waals surface area contributed by atoms with Crippen molar-refractivity contribution in [2.75, 3.05) is 4.90 Å². The molecule has 45 heavy (non-hydrogen) atoms. The van der Waals surface area contributed by atoms with E-state index in [9.17, 15) is 0 Å². The number of nitrogens with zero attached hydrogens (tertiary/aromatic N) is 1. The molecule has 0 amide bonds. The highest BCUT2D eigenvalue weighted by Gasteiger charge is 2.38. The molecule has 3 heteroatoms. The minimum absolute atomic E-state index is 0.138. The van der Waals surface area contributed by atoms with E-state index in [1.807, 2.05) is 0 Å². The summed E-state index contributed by atoms with van der Waals surface area (Å²) < 4.78 is 13.2. The van der Waals surface area contributed by atoms with Gasteiger partial charge in [0.2, 0.25) is 0 Å². The van der Waals surface area contributed by atoms with Crippen LogP contribution in [0.25, 0.3) is 39.7 Å². The van der Waals surface area contributed by atoms with Crippen molar-refractivity contribution in [1.82, 2.24) is 0 Å². The lowest BCUT2D eigenvalue weighted by atomic mass is 9.75. The molecular weight excluding hydrogens is 550 g/mol. The maximum atomic E-state index is 6.62. The van der Waals surface area contributed by atoms with Gasteiger partial charge in [0.15, 0.2) is 0 Å². The summed E-state index contributed by atoms with van der Waals surface area (Å²) in [5.41, 5.74) is 10.1. The average molecular weight is 592 g/mol. The van der Waals surface area contributed by atoms with Crippen LogP contribution in [0.5, 0.6) is 5.75 Å². The van der Waals surface area contributed by atoms with E-state index in [4.69, 9.17) is 9.15 Å². The highest BCUT2D eigenvalue weighted by Crippen LogP contribution is 2.49. The second-order valence-electron chi connectivity index (χ2n) is 14.8. The topological polar surface area (TPSA) is 25.6 Å². The smallest absolute Gasteiger partial charge is 0.136 e. The first-order chi connectivity index (χ1) is 21.8. The normalized spacial score (nSPS) is 25.9. The van der Waals surface area contributed by atoms with Gasteiger partial charge in [0.1, 0.15) is 23.0 Å². The van der Waals surface area contributed by atoms with E-state index < -0.39 is 0 Å². The number of ether oxygens (including phenoxy) is 1. The summed E-state index contributed by atoms with van der Waals surface area (Å²) in [6, 6.07) is 18.7. The van der Waals surface area contributed by atoms with Crippen LogP contribution >= 0.6 is 0 Å². The zero-order valence-corrected chi connectivity index (χ0v) is 26.8. The lowest BCUT2D eigenvalue weighted by molar-refractivity contribution is 0.239. The highest BCUT2D eigenvalue weighted by atomic mass is 16.5. The van der Waals surface area contributed by atoms with Gasteiger partial charge in [-0.05, 0) is 115 Å². The number of fused-ring (bicyclic) bond motifs is 8. The minimum atomic E-state index is 0.138. The molecule has 0 fully saturated rings. The Morgan fingerprint density at radius 3 is 2.67 bits per heavy atom. The Bertz CT molecular complexity index is 2150. The Kier molecular flexibility index (Phi) is 5.95. The average Bonchev–Trinajstić information content (AvgIpc) is 3.54. The molecule has 226 valence electrons. The summed E-state index contributed by atoms with van der Waals surface area (Å²) in [5.74, 6) is 1.56. The first kappa shape index (κ1) is 27.1. The molecule has 3 nitrogen and oxygen atoms in total. The van der Waals surface area contributed by atoms with Crippen molar-refractivity contribution in [3.05, 3.63) is 112 Å². The fourth-order valence-corrected chi connectivity index (χ4v) is 8.66. The summed E-state index contributed by atoms with van der Waals surface area (Å²) in [5, 5.41) is 4.86. The molecule has 4 aromatic rings. The SMILES string of the molecule is CC1=CC=C2C=C3c4cc5oc6cc7c(cc6c5cc4OC3CC2C1)=CCC(N(c1cccc(C)c1)C1C=CCCC1(C)C)C=7. The van der Waals surface area contributed by atoms with E-state index in [0.717, 1.165) is 48.0 Å². The molecule has 2 heterocycles. The van der Waals surface area contributed by atoms with Crippen molar-refractivity contribution >= 4 is 45.4 Å². The first-order valence-corrected chi connectivity index (χ1v) is 16.8.